The third kappa shape index (κ3) is 4.78. The van der Waals surface area contributed by atoms with Crippen LogP contribution in [0.3, 0.4) is 0 Å². The molecule has 0 bridgehead atoms. The fourth-order valence-electron chi connectivity index (χ4n) is 3.87. The van der Waals surface area contributed by atoms with Crippen molar-refractivity contribution in [2.45, 2.75) is 27.2 Å². The summed E-state index contributed by atoms with van der Waals surface area (Å²) >= 11 is 6.06. The Bertz CT molecular complexity index is 1230. The molecule has 3 aromatic carbocycles. The Hall–Kier alpha value is -3.57. The molecule has 0 unspecified atom stereocenters. The number of anilines is 2. The molecule has 1 heterocycles. The van der Waals surface area contributed by atoms with Gasteiger partial charge in [-0.3, -0.25) is 9.59 Å². The first kappa shape index (κ1) is 22.6. The van der Waals surface area contributed by atoms with E-state index in [-0.39, 0.29) is 11.6 Å². The number of amides is 2. The lowest BCUT2D eigenvalue weighted by Gasteiger charge is -2.17. The number of hydrogen-bond donors (Lipinski definition) is 1. The van der Waals surface area contributed by atoms with E-state index in [0.29, 0.717) is 39.9 Å². The van der Waals surface area contributed by atoms with Crippen LogP contribution in [-0.4, -0.2) is 18.4 Å². The summed E-state index contributed by atoms with van der Waals surface area (Å²) in [4.78, 5) is 28.4. The highest BCUT2D eigenvalue weighted by Crippen LogP contribution is 2.35. The molecule has 33 heavy (non-hydrogen) atoms. The minimum atomic E-state index is -0.408. The Kier molecular flexibility index (Phi) is 6.52. The largest absolute Gasteiger partial charge is 0.494 e. The molecule has 6 heteroatoms. The summed E-state index contributed by atoms with van der Waals surface area (Å²) < 4.78 is 5.72. The first-order chi connectivity index (χ1) is 15.9. The van der Waals surface area contributed by atoms with Crippen molar-refractivity contribution >= 4 is 40.4 Å². The Morgan fingerprint density at radius 3 is 2.27 bits per heavy atom. The Balaban J connectivity index is 1.78. The maximum Gasteiger partial charge on any atom is 0.282 e. The van der Waals surface area contributed by atoms with Crippen LogP contribution in [0, 0.1) is 13.8 Å². The number of nitrogens with one attached hydrogen (secondary N) is 1. The first-order valence-corrected chi connectivity index (χ1v) is 11.2. The van der Waals surface area contributed by atoms with Crippen LogP contribution >= 0.6 is 11.6 Å². The number of hydrogen-bond acceptors (Lipinski definition) is 4. The summed E-state index contributed by atoms with van der Waals surface area (Å²) in [7, 11) is 0. The molecule has 1 N–H and O–H groups in total. The zero-order chi connectivity index (χ0) is 23.5. The topological polar surface area (TPSA) is 58.6 Å². The lowest BCUT2D eigenvalue weighted by atomic mass is 10.0. The SMILES string of the molecule is CCCOc1cccc(NC2=C(c3ccc(Cl)cc3)C(=O)N(c3cc(C)cc(C)c3)C2=O)c1. The van der Waals surface area contributed by atoms with E-state index >= 15 is 0 Å². The van der Waals surface area contributed by atoms with Gasteiger partial charge in [-0.05, 0) is 73.4 Å². The summed E-state index contributed by atoms with van der Waals surface area (Å²) in [5, 5.41) is 3.74. The summed E-state index contributed by atoms with van der Waals surface area (Å²) in [5.41, 5.74) is 4.29. The highest BCUT2D eigenvalue weighted by Gasteiger charge is 2.40. The zero-order valence-corrected chi connectivity index (χ0v) is 19.6. The summed E-state index contributed by atoms with van der Waals surface area (Å²) in [6, 6.07) is 19.9. The van der Waals surface area contributed by atoms with Crippen molar-refractivity contribution in [1.29, 1.82) is 0 Å². The lowest BCUT2D eigenvalue weighted by Crippen LogP contribution is -2.32. The van der Waals surface area contributed by atoms with E-state index in [0.717, 1.165) is 17.5 Å². The van der Waals surface area contributed by atoms with Crippen LogP contribution < -0.4 is 15.0 Å². The van der Waals surface area contributed by atoms with Gasteiger partial charge in [-0.15, -0.1) is 0 Å². The third-order valence-corrected chi connectivity index (χ3v) is 5.51. The molecular formula is C27H25ClN2O3. The monoisotopic (exact) mass is 460 g/mol. The average molecular weight is 461 g/mol. The van der Waals surface area contributed by atoms with Crippen LogP contribution in [0.5, 0.6) is 5.75 Å². The van der Waals surface area contributed by atoms with E-state index < -0.39 is 5.91 Å². The van der Waals surface area contributed by atoms with E-state index in [2.05, 4.69) is 5.32 Å². The molecule has 1 aliphatic heterocycles. The van der Waals surface area contributed by atoms with Gasteiger partial charge in [0.05, 0.1) is 17.9 Å². The van der Waals surface area contributed by atoms with Crippen LogP contribution in [0.4, 0.5) is 11.4 Å². The third-order valence-electron chi connectivity index (χ3n) is 5.26. The van der Waals surface area contributed by atoms with Gasteiger partial charge in [0.1, 0.15) is 11.4 Å². The highest BCUT2D eigenvalue weighted by molar-refractivity contribution is 6.46. The smallest absolute Gasteiger partial charge is 0.282 e. The molecule has 3 aromatic rings. The Morgan fingerprint density at radius 2 is 1.61 bits per heavy atom. The van der Waals surface area contributed by atoms with Crippen molar-refractivity contribution < 1.29 is 14.3 Å². The van der Waals surface area contributed by atoms with Gasteiger partial charge < -0.3 is 10.1 Å². The second-order valence-electron chi connectivity index (χ2n) is 8.05. The molecule has 0 saturated heterocycles. The van der Waals surface area contributed by atoms with Crippen molar-refractivity contribution in [3.05, 3.63) is 94.1 Å². The van der Waals surface area contributed by atoms with Gasteiger partial charge in [0.15, 0.2) is 0 Å². The first-order valence-electron chi connectivity index (χ1n) is 10.8. The van der Waals surface area contributed by atoms with Crippen LogP contribution in [0.15, 0.2) is 72.4 Å². The number of rotatable bonds is 7. The minimum absolute atomic E-state index is 0.217. The van der Waals surface area contributed by atoms with Crippen LogP contribution in [0.1, 0.15) is 30.0 Å². The summed E-state index contributed by atoms with van der Waals surface area (Å²) in [6.07, 6.45) is 0.890. The normalized spacial score (nSPS) is 13.6. The molecular weight excluding hydrogens is 436 g/mol. The summed E-state index contributed by atoms with van der Waals surface area (Å²) in [6.45, 7) is 6.52. The van der Waals surface area contributed by atoms with Crippen molar-refractivity contribution in [2.24, 2.45) is 0 Å². The number of aryl methyl sites for hydroxylation is 2. The minimum Gasteiger partial charge on any atom is -0.494 e. The number of imide groups is 1. The second-order valence-corrected chi connectivity index (χ2v) is 8.49. The fourth-order valence-corrected chi connectivity index (χ4v) is 4.00. The molecule has 4 rings (SSSR count). The molecule has 2 amide bonds. The lowest BCUT2D eigenvalue weighted by molar-refractivity contribution is -0.120. The van der Waals surface area contributed by atoms with Crippen LogP contribution in [-0.2, 0) is 9.59 Å². The quantitative estimate of drug-likeness (QED) is 0.430. The molecule has 0 saturated carbocycles. The molecule has 5 nitrogen and oxygen atoms in total. The van der Waals surface area contributed by atoms with Gasteiger partial charge in [0.2, 0.25) is 0 Å². The van der Waals surface area contributed by atoms with Gasteiger partial charge in [-0.25, -0.2) is 4.90 Å². The predicted molar refractivity (Wildman–Crippen MR) is 133 cm³/mol. The number of halogens is 1. The number of nitrogens with zero attached hydrogens (tertiary/aromatic N) is 1. The molecule has 0 atom stereocenters. The molecule has 0 aromatic heterocycles. The number of benzene rings is 3. The summed E-state index contributed by atoms with van der Waals surface area (Å²) in [5.74, 6) is -0.0959. The number of carbonyl (C=O) groups is 2. The van der Waals surface area contributed by atoms with Crippen molar-refractivity contribution in [1.82, 2.24) is 0 Å². The molecule has 1 aliphatic rings. The molecule has 0 aliphatic carbocycles. The van der Waals surface area contributed by atoms with Gasteiger partial charge >= 0.3 is 0 Å². The Morgan fingerprint density at radius 1 is 0.909 bits per heavy atom. The maximum absolute atomic E-state index is 13.6. The van der Waals surface area contributed by atoms with Crippen molar-refractivity contribution in [3.8, 4) is 5.75 Å². The van der Waals surface area contributed by atoms with Gasteiger partial charge in [-0.1, -0.05) is 42.8 Å². The number of ether oxygens (including phenoxy) is 1. The standard InChI is InChI=1S/C27H25ClN2O3/c1-4-12-33-23-7-5-6-21(16-23)29-25-24(19-8-10-20(28)11-9-19)26(31)30(27(25)32)22-14-17(2)13-18(3)15-22/h5-11,13-16,29H,4,12H2,1-3H3. The van der Waals surface area contributed by atoms with Crippen molar-refractivity contribution in [3.63, 3.8) is 0 Å². The van der Waals surface area contributed by atoms with Crippen LogP contribution in [0.2, 0.25) is 5.02 Å². The highest BCUT2D eigenvalue weighted by atomic mass is 35.5. The maximum atomic E-state index is 13.6. The molecule has 0 fully saturated rings. The molecule has 0 spiro atoms. The van der Waals surface area contributed by atoms with Gasteiger partial charge in [0.25, 0.3) is 11.8 Å². The zero-order valence-electron chi connectivity index (χ0n) is 18.8. The van der Waals surface area contributed by atoms with Crippen LogP contribution in [0.25, 0.3) is 5.57 Å². The fraction of sp³-hybridized carbons (Fsp3) is 0.185. The van der Waals surface area contributed by atoms with Gasteiger partial charge in [0, 0.05) is 16.8 Å². The Labute approximate surface area is 198 Å². The van der Waals surface area contributed by atoms with E-state index in [1.54, 1.807) is 24.3 Å². The predicted octanol–water partition coefficient (Wildman–Crippen LogP) is 6.14. The molecule has 0 radical (unpaired) electrons. The second kappa shape index (κ2) is 9.51. The average Bonchev–Trinajstić information content (AvgIpc) is 3.02. The molecule has 168 valence electrons. The van der Waals surface area contributed by atoms with Crippen molar-refractivity contribution in [2.75, 3.05) is 16.8 Å². The van der Waals surface area contributed by atoms with E-state index in [1.165, 1.54) is 4.90 Å². The number of carbonyl (C=O) groups excluding carboxylic acids is 2. The van der Waals surface area contributed by atoms with E-state index in [1.807, 2.05) is 63.2 Å². The van der Waals surface area contributed by atoms with E-state index in [4.69, 9.17) is 16.3 Å². The van der Waals surface area contributed by atoms with E-state index in [9.17, 15) is 9.59 Å². The van der Waals surface area contributed by atoms with Gasteiger partial charge in [-0.2, -0.15) is 0 Å².